The second kappa shape index (κ2) is 8.46. The molecule has 0 aromatic heterocycles. The van der Waals surface area contributed by atoms with Gasteiger partial charge in [0.2, 0.25) is 0 Å². The number of hydroxylamine groups is 2. The summed E-state index contributed by atoms with van der Waals surface area (Å²) in [4.78, 5) is 25.6. The van der Waals surface area contributed by atoms with Gasteiger partial charge >= 0.3 is 6.03 Å². The monoisotopic (exact) mass is 409 g/mol. The normalized spacial score (nSPS) is 14.9. The molecule has 3 amide bonds. The van der Waals surface area contributed by atoms with Crippen LogP contribution < -0.4 is 15.2 Å². The SMILES string of the molecule is NC(=O)N(O)CCOc1ccc2c(c1)CCN(CC1=Cc3ccccc3OC1)C2=O. The van der Waals surface area contributed by atoms with E-state index in [9.17, 15) is 14.8 Å². The van der Waals surface area contributed by atoms with Crippen molar-refractivity contribution in [3.05, 3.63) is 64.7 Å². The number of rotatable bonds is 6. The van der Waals surface area contributed by atoms with Crippen molar-refractivity contribution < 1.29 is 24.3 Å². The standard InChI is InChI=1S/C22H23N3O5/c23-22(27)25(28)9-10-29-18-5-6-19-16(12-18)7-8-24(21(19)26)13-15-11-17-3-1-2-4-20(17)30-14-15/h1-6,11-12,28H,7-10,13-14H2,(H2,23,27). The Balaban J connectivity index is 1.39. The van der Waals surface area contributed by atoms with Crippen molar-refractivity contribution in [1.29, 1.82) is 0 Å². The van der Waals surface area contributed by atoms with Crippen LogP contribution in [-0.4, -0.2) is 60.0 Å². The van der Waals surface area contributed by atoms with Crippen LogP contribution in [0.2, 0.25) is 0 Å². The first-order valence-corrected chi connectivity index (χ1v) is 9.73. The van der Waals surface area contributed by atoms with E-state index in [-0.39, 0.29) is 19.1 Å². The molecular formula is C22H23N3O5. The maximum atomic E-state index is 13.0. The Morgan fingerprint density at radius 3 is 2.93 bits per heavy atom. The van der Waals surface area contributed by atoms with Crippen LogP contribution in [0.3, 0.4) is 0 Å². The van der Waals surface area contributed by atoms with Crippen molar-refractivity contribution in [2.75, 3.05) is 32.8 Å². The molecule has 0 radical (unpaired) electrons. The van der Waals surface area contributed by atoms with E-state index in [0.29, 0.717) is 36.1 Å². The van der Waals surface area contributed by atoms with E-state index >= 15 is 0 Å². The fourth-order valence-electron chi connectivity index (χ4n) is 3.61. The van der Waals surface area contributed by atoms with Gasteiger partial charge in [0, 0.05) is 24.2 Å². The van der Waals surface area contributed by atoms with Crippen molar-refractivity contribution in [1.82, 2.24) is 9.96 Å². The molecule has 0 aliphatic carbocycles. The summed E-state index contributed by atoms with van der Waals surface area (Å²) < 4.78 is 11.3. The Morgan fingerprint density at radius 1 is 1.27 bits per heavy atom. The van der Waals surface area contributed by atoms with Gasteiger partial charge in [-0.2, -0.15) is 0 Å². The summed E-state index contributed by atoms with van der Waals surface area (Å²) in [6.45, 7) is 1.67. The summed E-state index contributed by atoms with van der Waals surface area (Å²) in [7, 11) is 0. The smallest absolute Gasteiger partial charge is 0.338 e. The van der Waals surface area contributed by atoms with E-state index in [0.717, 1.165) is 28.9 Å². The molecule has 2 heterocycles. The van der Waals surface area contributed by atoms with Crippen LogP contribution in [0.1, 0.15) is 21.5 Å². The zero-order valence-electron chi connectivity index (χ0n) is 16.4. The molecule has 0 spiro atoms. The second-order valence-electron chi connectivity index (χ2n) is 7.23. The van der Waals surface area contributed by atoms with Crippen molar-refractivity contribution in [3.8, 4) is 11.5 Å². The molecule has 2 aliphatic heterocycles. The third kappa shape index (κ3) is 4.23. The summed E-state index contributed by atoms with van der Waals surface area (Å²) in [5.74, 6) is 1.43. The van der Waals surface area contributed by atoms with Crippen LogP contribution in [0.5, 0.6) is 11.5 Å². The zero-order chi connectivity index (χ0) is 21.1. The fraction of sp³-hybridized carbons (Fsp3) is 0.273. The molecule has 0 fully saturated rings. The van der Waals surface area contributed by atoms with E-state index in [1.54, 1.807) is 12.1 Å². The number of carbonyl (C=O) groups is 2. The highest BCUT2D eigenvalue weighted by molar-refractivity contribution is 5.97. The van der Waals surface area contributed by atoms with E-state index < -0.39 is 6.03 Å². The van der Waals surface area contributed by atoms with Crippen molar-refractivity contribution in [3.63, 3.8) is 0 Å². The number of nitrogens with two attached hydrogens (primary N) is 1. The number of primary amides is 1. The Bertz CT molecular complexity index is 1000. The predicted molar refractivity (Wildman–Crippen MR) is 110 cm³/mol. The summed E-state index contributed by atoms with van der Waals surface area (Å²) in [6.07, 6.45) is 2.81. The number of fused-ring (bicyclic) bond motifs is 2. The lowest BCUT2D eigenvalue weighted by Gasteiger charge is -2.30. The molecule has 30 heavy (non-hydrogen) atoms. The molecule has 4 rings (SSSR count). The molecule has 2 aromatic carbocycles. The molecule has 0 atom stereocenters. The maximum absolute atomic E-state index is 13.0. The first kappa shape index (κ1) is 19.8. The number of hydrogen-bond acceptors (Lipinski definition) is 5. The largest absolute Gasteiger partial charge is 0.492 e. The number of nitrogens with zero attached hydrogens (tertiary/aromatic N) is 2. The maximum Gasteiger partial charge on any atom is 0.338 e. The summed E-state index contributed by atoms with van der Waals surface area (Å²) in [5.41, 5.74) is 8.63. The van der Waals surface area contributed by atoms with E-state index in [4.69, 9.17) is 15.2 Å². The Hall–Kier alpha value is -3.52. The topological polar surface area (TPSA) is 105 Å². The number of benzene rings is 2. The van der Waals surface area contributed by atoms with Crippen LogP contribution in [0.4, 0.5) is 4.79 Å². The van der Waals surface area contributed by atoms with Gasteiger partial charge in [0.1, 0.15) is 24.7 Å². The van der Waals surface area contributed by atoms with Crippen molar-refractivity contribution in [2.45, 2.75) is 6.42 Å². The van der Waals surface area contributed by atoms with Crippen LogP contribution in [-0.2, 0) is 6.42 Å². The summed E-state index contributed by atoms with van der Waals surface area (Å²) in [6, 6.07) is 12.2. The summed E-state index contributed by atoms with van der Waals surface area (Å²) in [5, 5.41) is 9.66. The molecule has 2 aromatic rings. The minimum absolute atomic E-state index is 0.0159. The molecule has 8 nitrogen and oxygen atoms in total. The highest BCUT2D eigenvalue weighted by Crippen LogP contribution is 2.28. The molecule has 2 aliphatic rings. The minimum Gasteiger partial charge on any atom is -0.492 e. The average Bonchev–Trinajstić information content (AvgIpc) is 2.75. The molecule has 156 valence electrons. The predicted octanol–water partition coefficient (Wildman–Crippen LogP) is 2.31. The van der Waals surface area contributed by atoms with Crippen LogP contribution in [0.15, 0.2) is 48.0 Å². The lowest BCUT2D eigenvalue weighted by molar-refractivity contribution is -0.0464. The molecule has 0 unspecified atom stereocenters. The van der Waals surface area contributed by atoms with E-state index in [2.05, 4.69) is 6.08 Å². The fourth-order valence-corrected chi connectivity index (χ4v) is 3.61. The van der Waals surface area contributed by atoms with Gasteiger partial charge < -0.3 is 20.1 Å². The highest BCUT2D eigenvalue weighted by atomic mass is 16.5. The number of hydrogen-bond donors (Lipinski definition) is 2. The van der Waals surface area contributed by atoms with Crippen LogP contribution in [0.25, 0.3) is 6.08 Å². The lowest BCUT2D eigenvalue weighted by Crippen LogP contribution is -2.39. The number of ether oxygens (including phenoxy) is 2. The van der Waals surface area contributed by atoms with Gasteiger partial charge in [-0.15, -0.1) is 0 Å². The van der Waals surface area contributed by atoms with Gasteiger partial charge in [-0.25, -0.2) is 9.86 Å². The van der Waals surface area contributed by atoms with Gasteiger partial charge in [-0.1, -0.05) is 18.2 Å². The van der Waals surface area contributed by atoms with Crippen LogP contribution >= 0.6 is 0 Å². The Labute approximate surface area is 174 Å². The highest BCUT2D eigenvalue weighted by Gasteiger charge is 2.26. The van der Waals surface area contributed by atoms with Gasteiger partial charge in [0.25, 0.3) is 5.91 Å². The van der Waals surface area contributed by atoms with E-state index in [1.807, 2.05) is 35.2 Å². The Kier molecular flexibility index (Phi) is 5.58. The van der Waals surface area contributed by atoms with Gasteiger partial charge in [-0.3, -0.25) is 10.0 Å². The van der Waals surface area contributed by atoms with Crippen molar-refractivity contribution in [2.24, 2.45) is 5.73 Å². The summed E-state index contributed by atoms with van der Waals surface area (Å²) >= 11 is 0. The van der Waals surface area contributed by atoms with E-state index in [1.165, 1.54) is 0 Å². The number of carbonyl (C=O) groups excluding carboxylic acids is 2. The molecule has 0 saturated heterocycles. The third-order valence-electron chi connectivity index (χ3n) is 5.16. The second-order valence-corrected chi connectivity index (χ2v) is 7.23. The first-order chi connectivity index (χ1) is 14.5. The van der Waals surface area contributed by atoms with Gasteiger partial charge in [0.05, 0.1) is 6.54 Å². The molecule has 0 saturated carbocycles. The van der Waals surface area contributed by atoms with Crippen molar-refractivity contribution >= 4 is 18.0 Å². The quantitative estimate of drug-likeness (QED) is 0.563. The van der Waals surface area contributed by atoms with Gasteiger partial charge in [0.15, 0.2) is 0 Å². The number of amides is 3. The number of para-hydroxylation sites is 1. The third-order valence-corrected chi connectivity index (χ3v) is 5.16. The molecule has 3 N–H and O–H groups in total. The average molecular weight is 409 g/mol. The molecular weight excluding hydrogens is 386 g/mol. The minimum atomic E-state index is -0.934. The number of urea groups is 1. The lowest BCUT2D eigenvalue weighted by atomic mass is 9.97. The molecule has 8 heteroatoms. The first-order valence-electron chi connectivity index (χ1n) is 9.73. The Morgan fingerprint density at radius 2 is 2.10 bits per heavy atom. The zero-order valence-corrected chi connectivity index (χ0v) is 16.4. The molecule has 0 bridgehead atoms. The van der Waals surface area contributed by atoms with Crippen LogP contribution in [0, 0.1) is 0 Å². The van der Waals surface area contributed by atoms with Gasteiger partial charge in [-0.05, 0) is 47.9 Å².